The van der Waals surface area contributed by atoms with Crippen molar-refractivity contribution in [2.45, 2.75) is 13.1 Å². The fourth-order valence-corrected chi connectivity index (χ4v) is 2.58. The van der Waals surface area contributed by atoms with Crippen molar-refractivity contribution in [3.63, 3.8) is 0 Å². The van der Waals surface area contributed by atoms with Crippen molar-refractivity contribution < 1.29 is 22.7 Å². The number of alkyl halides is 3. The average molecular weight is 386 g/mol. The molecule has 0 aliphatic heterocycles. The summed E-state index contributed by atoms with van der Waals surface area (Å²) in [6.45, 7) is 1.78. The molecule has 0 amide bonds. The highest BCUT2D eigenvalue weighted by Crippen LogP contribution is 2.32. The van der Waals surface area contributed by atoms with E-state index in [0.29, 0.717) is 11.3 Å². The largest absolute Gasteiger partial charge is 0.461 e. The van der Waals surface area contributed by atoms with Gasteiger partial charge in [0, 0.05) is 18.0 Å². The molecule has 0 spiro atoms. The molecule has 3 aromatic rings. The molecule has 6 nitrogen and oxygen atoms in total. The summed E-state index contributed by atoms with van der Waals surface area (Å²) >= 11 is 0. The van der Waals surface area contributed by atoms with Gasteiger partial charge in [-0.1, -0.05) is 0 Å². The van der Waals surface area contributed by atoms with Crippen molar-refractivity contribution in [2.75, 3.05) is 6.61 Å². The van der Waals surface area contributed by atoms with E-state index in [1.165, 1.54) is 16.9 Å². The van der Waals surface area contributed by atoms with Gasteiger partial charge in [-0.25, -0.2) is 9.48 Å². The number of pyridine rings is 1. The number of rotatable bonds is 4. The van der Waals surface area contributed by atoms with Gasteiger partial charge in [0.15, 0.2) is 5.69 Å². The molecule has 2 heterocycles. The minimum Gasteiger partial charge on any atom is -0.461 e. The topological polar surface area (TPSA) is 80.8 Å². The number of carbonyl (C=O) groups excluding carboxylic acids is 1. The zero-order valence-corrected chi connectivity index (χ0v) is 14.6. The van der Waals surface area contributed by atoms with Crippen LogP contribution in [0.15, 0.2) is 48.8 Å². The average Bonchev–Trinajstić information content (AvgIpc) is 3.13. The predicted molar refractivity (Wildman–Crippen MR) is 92.5 cm³/mol. The summed E-state index contributed by atoms with van der Waals surface area (Å²) in [6, 6.07) is 9.30. The van der Waals surface area contributed by atoms with Crippen LogP contribution in [0.2, 0.25) is 0 Å². The normalized spacial score (nSPS) is 11.1. The smallest absolute Gasteiger partial charge is 0.416 e. The van der Waals surface area contributed by atoms with Crippen LogP contribution in [-0.4, -0.2) is 27.3 Å². The van der Waals surface area contributed by atoms with Gasteiger partial charge in [-0.05, 0) is 43.3 Å². The van der Waals surface area contributed by atoms with Gasteiger partial charge in [-0.15, -0.1) is 0 Å². The molecule has 0 N–H and O–H groups in total. The first kappa shape index (κ1) is 19.1. The van der Waals surface area contributed by atoms with E-state index in [0.717, 1.165) is 18.2 Å². The maximum absolute atomic E-state index is 13.0. The Balaban J connectivity index is 2.21. The minimum absolute atomic E-state index is 0.0375. The van der Waals surface area contributed by atoms with Gasteiger partial charge in [0.2, 0.25) is 0 Å². The number of hydrogen-bond acceptors (Lipinski definition) is 5. The molecule has 1 aromatic carbocycles. The van der Waals surface area contributed by atoms with E-state index in [2.05, 4.69) is 10.1 Å². The van der Waals surface area contributed by atoms with Crippen LogP contribution >= 0.6 is 0 Å². The van der Waals surface area contributed by atoms with Crippen LogP contribution in [0.25, 0.3) is 16.9 Å². The number of nitrogens with zero attached hydrogens (tertiary/aromatic N) is 4. The molecule has 2 aromatic heterocycles. The summed E-state index contributed by atoms with van der Waals surface area (Å²) in [7, 11) is 0. The number of hydrogen-bond donors (Lipinski definition) is 0. The first-order valence-electron chi connectivity index (χ1n) is 8.14. The van der Waals surface area contributed by atoms with Gasteiger partial charge in [-0.3, -0.25) is 4.98 Å². The van der Waals surface area contributed by atoms with E-state index in [1.54, 1.807) is 31.3 Å². The van der Waals surface area contributed by atoms with E-state index >= 15 is 0 Å². The lowest BCUT2D eigenvalue weighted by molar-refractivity contribution is -0.137. The Labute approximate surface area is 157 Å². The van der Waals surface area contributed by atoms with Gasteiger partial charge in [-0.2, -0.15) is 23.5 Å². The van der Waals surface area contributed by atoms with Gasteiger partial charge in [0.25, 0.3) is 0 Å². The standard InChI is InChI=1S/C19H13F3N4O2/c1-2-28-18(27)15-9-17(12-4-3-7-24-11-12)26(25-15)16-6-5-14(19(20,21)22)8-13(16)10-23/h3-9,11H,2H2,1H3. The quantitative estimate of drug-likeness (QED) is 0.633. The van der Waals surface area contributed by atoms with Gasteiger partial charge < -0.3 is 4.74 Å². The summed E-state index contributed by atoms with van der Waals surface area (Å²) in [4.78, 5) is 16.1. The molecule has 0 unspecified atom stereocenters. The first-order valence-corrected chi connectivity index (χ1v) is 8.14. The second-order valence-electron chi connectivity index (χ2n) is 5.63. The fourth-order valence-electron chi connectivity index (χ4n) is 2.58. The maximum atomic E-state index is 13.0. The molecule has 0 radical (unpaired) electrons. The Morgan fingerprint density at radius 1 is 1.29 bits per heavy atom. The molecule has 28 heavy (non-hydrogen) atoms. The lowest BCUT2D eigenvalue weighted by Gasteiger charge is -2.12. The molecule has 0 bridgehead atoms. The van der Waals surface area contributed by atoms with Gasteiger partial charge >= 0.3 is 12.1 Å². The van der Waals surface area contributed by atoms with Crippen LogP contribution in [0.1, 0.15) is 28.5 Å². The van der Waals surface area contributed by atoms with Gasteiger partial charge in [0.1, 0.15) is 6.07 Å². The molecular formula is C19H13F3N4O2. The van der Waals surface area contributed by atoms with Crippen LogP contribution in [-0.2, 0) is 10.9 Å². The summed E-state index contributed by atoms with van der Waals surface area (Å²) in [5.41, 5.74) is -0.178. The maximum Gasteiger partial charge on any atom is 0.416 e. The van der Waals surface area contributed by atoms with Crippen LogP contribution in [0.5, 0.6) is 0 Å². The molecule has 9 heteroatoms. The summed E-state index contributed by atoms with van der Waals surface area (Å²) in [6.07, 6.45) is -1.52. The summed E-state index contributed by atoms with van der Waals surface area (Å²) in [5.74, 6) is -0.684. The van der Waals surface area contributed by atoms with Crippen LogP contribution < -0.4 is 0 Å². The Morgan fingerprint density at radius 2 is 2.07 bits per heavy atom. The van der Waals surface area contributed by atoms with E-state index < -0.39 is 17.7 Å². The fraction of sp³-hybridized carbons (Fsp3) is 0.158. The van der Waals surface area contributed by atoms with Crippen LogP contribution in [0.4, 0.5) is 13.2 Å². The van der Waals surface area contributed by atoms with E-state index in [4.69, 9.17) is 4.74 Å². The molecule has 142 valence electrons. The molecule has 0 aliphatic rings. The second kappa shape index (κ2) is 7.52. The minimum atomic E-state index is -4.59. The van der Waals surface area contributed by atoms with Crippen molar-refractivity contribution in [1.82, 2.24) is 14.8 Å². The molecule has 0 saturated heterocycles. The van der Waals surface area contributed by atoms with Crippen molar-refractivity contribution in [3.05, 3.63) is 65.6 Å². The number of halogens is 3. The lowest BCUT2D eigenvalue weighted by Crippen LogP contribution is -2.09. The summed E-state index contributed by atoms with van der Waals surface area (Å²) < 4.78 is 45.1. The highest BCUT2D eigenvalue weighted by Gasteiger charge is 2.31. The van der Waals surface area contributed by atoms with E-state index in [-0.39, 0.29) is 23.6 Å². The Bertz CT molecular complexity index is 1050. The highest BCUT2D eigenvalue weighted by atomic mass is 19.4. The van der Waals surface area contributed by atoms with Gasteiger partial charge in [0.05, 0.1) is 29.1 Å². The number of aromatic nitrogens is 3. The zero-order chi connectivity index (χ0) is 20.3. The van der Waals surface area contributed by atoms with E-state index in [1.807, 2.05) is 0 Å². The third-order valence-corrected chi connectivity index (χ3v) is 3.82. The van der Waals surface area contributed by atoms with Crippen molar-refractivity contribution in [3.8, 4) is 23.0 Å². The zero-order valence-electron chi connectivity index (χ0n) is 14.6. The molecule has 0 atom stereocenters. The molecule has 3 rings (SSSR count). The predicted octanol–water partition coefficient (Wildman–Crippen LogP) is 4.00. The van der Waals surface area contributed by atoms with Crippen LogP contribution in [0, 0.1) is 11.3 Å². The van der Waals surface area contributed by atoms with E-state index in [9.17, 15) is 23.2 Å². The van der Waals surface area contributed by atoms with Crippen LogP contribution in [0.3, 0.4) is 0 Å². The Morgan fingerprint density at radius 3 is 2.68 bits per heavy atom. The monoisotopic (exact) mass is 386 g/mol. The third kappa shape index (κ3) is 3.71. The molecule has 0 saturated carbocycles. The Kier molecular flexibility index (Phi) is 5.13. The Hall–Kier alpha value is -3.67. The highest BCUT2D eigenvalue weighted by molar-refractivity contribution is 5.89. The number of ether oxygens (including phenoxy) is 1. The molecule has 0 fully saturated rings. The third-order valence-electron chi connectivity index (χ3n) is 3.82. The first-order chi connectivity index (χ1) is 13.3. The molecular weight excluding hydrogens is 373 g/mol. The number of esters is 1. The lowest BCUT2D eigenvalue weighted by atomic mass is 10.1. The second-order valence-corrected chi connectivity index (χ2v) is 5.63. The SMILES string of the molecule is CCOC(=O)c1cc(-c2cccnc2)n(-c2ccc(C(F)(F)F)cc2C#N)n1. The molecule has 0 aliphatic carbocycles. The summed E-state index contributed by atoms with van der Waals surface area (Å²) in [5, 5.41) is 13.5. The van der Waals surface area contributed by atoms with Crippen molar-refractivity contribution >= 4 is 5.97 Å². The number of nitriles is 1. The number of carbonyl (C=O) groups is 1. The number of benzene rings is 1. The van der Waals surface area contributed by atoms with Crippen molar-refractivity contribution in [1.29, 1.82) is 5.26 Å². The van der Waals surface area contributed by atoms with Crippen molar-refractivity contribution in [2.24, 2.45) is 0 Å².